The Balaban J connectivity index is 1.96. The lowest BCUT2D eigenvalue weighted by atomic mass is 9.96. The van der Waals surface area contributed by atoms with Crippen LogP contribution in [-0.2, 0) is 4.74 Å². The highest BCUT2D eigenvalue weighted by Crippen LogP contribution is 2.22. The minimum absolute atomic E-state index is 0.0845. The van der Waals surface area contributed by atoms with Gasteiger partial charge in [0, 0.05) is 19.2 Å². The smallest absolute Gasteiger partial charge is 0.0942 e. The van der Waals surface area contributed by atoms with Crippen molar-refractivity contribution in [3.8, 4) is 0 Å². The standard InChI is InChI=1S/C17H27NO2/c1-4-16(18-11-15-6-5-9-20-15)17(19)14-8-7-12(2)13(3)10-14/h7-8,10,15-19H,4-6,9,11H2,1-3H3. The second kappa shape index (κ2) is 7.21. The molecule has 0 saturated carbocycles. The fourth-order valence-electron chi connectivity index (χ4n) is 2.75. The largest absolute Gasteiger partial charge is 0.387 e. The maximum Gasteiger partial charge on any atom is 0.0942 e. The summed E-state index contributed by atoms with van der Waals surface area (Å²) in [6.07, 6.45) is 3.05. The first-order valence-corrected chi connectivity index (χ1v) is 7.72. The minimum atomic E-state index is -0.458. The number of aliphatic hydroxyl groups excluding tert-OH is 1. The summed E-state index contributed by atoms with van der Waals surface area (Å²) in [7, 11) is 0. The third-order valence-electron chi connectivity index (χ3n) is 4.33. The molecule has 1 aromatic rings. The Labute approximate surface area is 122 Å². The van der Waals surface area contributed by atoms with Crippen molar-refractivity contribution in [2.24, 2.45) is 0 Å². The molecule has 0 spiro atoms. The number of hydrogen-bond donors (Lipinski definition) is 2. The van der Waals surface area contributed by atoms with E-state index in [9.17, 15) is 5.11 Å². The van der Waals surface area contributed by atoms with Gasteiger partial charge in [0.2, 0.25) is 0 Å². The quantitative estimate of drug-likeness (QED) is 0.840. The zero-order valence-electron chi connectivity index (χ0n) is 12.9. The summed E-state index contributed by atoms with van der Waals surface area (Å²) in [5, 5.41) is 14.0. The van der Waals surface area contributed by atoms with Gasteiger partial charge in [-0.3, -0.25) is 0 Å². The number of aryl methyl sites for hydroxylation is 2. The molecule has 2 rings (SSSR count). The molecule has 0 amide bonds. The van der Waals surface area contributed by atoms with E-state index in [0.29, 0.717) is 6.10 Å². The van der Waals surface area contributed by atoms with Crippen LogP contribution in [0, 0.1) is 13.8 Å². The van der Waals surface area contributed by atoms with E-state index < -0.39 is 6.10 Å². The highest BCUT2D eigenvalue weighted by Gasteiger charge is 2.22. The lowest BCUT2D eigenvalue weighted by molar-refractivity contribution is 0.0866. The number of ether oxygens (including phenoxy) is 1. The number of hydrogen-bond acceptors (Lipinski definition) is 3. The molecule has 0 aromatic heterocycles. The molecule has 1 aliphatic heterocycles. The molecule has 3 unspecified atom stereocenters. The van der Waals surface area contributed by atoms with E-state index in [0.717, 1.165) is 38.0 Å². The van der Waals surface area contributed by atoms with Gasteiger partial charge in [0.05, 0.1) is 12.2 Å². The highest BCUT2D eigenvalue weighted by molar-refractivity contribution is 5.31. The molecule has 1 saturated heterocycles. The van der Waals surface area contributed by atoms with Crippen LogP contribution in [0.15, 0.2) is 18.2 Å². The van der Waals surface area contributed by atoms with Crippen LogP contribution in [0.3, 0.4) is 0 Å². The van der Waals surface area contributed by atoms with Gasteiger partial charge in [-0.15, -0.1) is 0 Å². The Morgan fingerprint density at radius 2 is 2.15 bits per heavy atom. The zero-order chi connectivity index (χ0) is 14.5. The summed E-state index contributed by atoms with van der Waals surface area (Å²) in [4.78, 5) is 0. The topological polar surface area (TPSA) is 41.5 Å². The van der Waals surface area contributed by atoms with E-state index in [-0.39, 0.29) is 6.04 Å². The first kappa shape index (κ1) is 15.5. The summed E-state index contributed by atoms with van der Waals surface area (Å²) in [6, 6.07) is 6.29. The Kier molecular flexibility index (Phi) is 5.58. The summed E-state index contributed by atoms with van der Waals surface area (Å²) < 4.78 is 5.62. The van der Waals surface area contributed by atoms with Crippen LogP contribution in [0.5, 0.6) is 0 Å². The second-order valence-electron chi connectivity index (χ2n) is 5.85. The van der Waals surface area contributed by atoms with Crippen molar-refractivity contribution < 1.29 is 9.84 Å². The molecule has 0 bridgehead atoms. The molecule has 1 aliphatic rings. The van der Waals surface area contributed by atoms with Crippen LogP contribution >= 0.6 is 0 Å². The van der Waals surface area contributed by atoms with Gasteiger partial charge in [0.15, 0.2) is 0 Å². The van der Waals surface area contributed by atoms with Gasteiger partial charge in [-0.25, -0.2) is 0 Å². The van der Waals surface area contributed by atoms with E-state index in [4.69, 9.17) is 4.74 Å². The summed E-state index contributed by atoms with van der Waals surface area (Å²) >= 11 is 0. The molecule has 3 atom stereocenters. The van der Waals surface area contributed by atoms with Gasteiger partial charge in [-0.05, 0) is 49.8 Å². The highest BCUT2D eigenvalue weighted by atomic mass is 16.5. The molecule has 1 aromatic carbocycles. The monoisotopic (exact) mass is 277 g/mol. The summed E-state index contributed by atoms with van der Waals surface area (Å²) in [5.41, 5.74) is 3.50. The average molecular weight is 277 g/mol. The Morgan fingerprint density at radius 3 is 2.75 bits per heavy atom. The van der Waals surface area contributed by atoms with E-state index in [1.54, 1.807) is 0 Å². The molecule has 112 valence electrons. The van der Waals surface area contributed by atoms with E-state index in [1.165, 1.54) is 11.1 Å². The Bertz CT molecular complexity index is 427. The molecule has 1 heterocycles. The van der Waals surface area contributed by atoms with Crippen LogP contribution in [0.25, 0.3) is 0 Å². The number of nitrogens with one attached hydrogen (secondary N) is 1. The van der Waals surface area contributed by atoms with Gasteiger partial charge < -0.3 is 15.2 Å². The first-order valence-electron chi connectivity index (χ1n) is 7.72. The molecular weight excluding hydrogens is 250 g/mol. The third-order valence-corrected chi connectivity index (χ3v) is 4.33. The Morgan fingerprint density at radius 1 is 1.35 bits per heavy atom. The maximum atomic E-state index is 10.6. The second-order valence-corrected chi connectivity index (χ2v) is 5.85. The molecule has 0 radical (unpaired) electrons. The van der Waals surface area contributed by atoms with Crippen molar-refractivity contribution in [1.82, 2.24) is 5.32 Å². The lowest BCUT2D eigenvalue weighted by Crippen LogP contribution is -2.39. The summed E-state index contributed by atoms with van der Waals surface area (Å²) in [5.74, 6) is 0. The fraction of sp³-hybridized carbons (Fsp3) is 0.647. The first-order chi connectivity index (χ1) is 9.61. The molecule has 3 heteroatoms. The van der Waals surface area contributed by atoms with Crippen molar-refractivity contribution in [3.05, 3.63) is 34.9 Å². The number of aliphatic hydroxyl groups is 1. The van der Waals surface area contributed by atoms with Gasteiger partial charge in [-0.1, -0.05) is 25.1 Å². The molecule has 3 nitrogen and oxygen atoms in total. The van der Waals surface area contributed by atoms with Crippen LogP contribution in [0.2, 0.25) is 0 Å². The molecule has 2 N–H and O–H groups in total. The summed E-state index contributed by atoms with van der Waals surface area (Å²) in [6.45, 7) is 8.01. The van der Waals surface area contributed by atoms with Crippen LogP contribution in [0.4, 0.5) is 0 Å². The number of rotatable bonds is 6. The average Bonchev–Trinajstić information content (AvgIpc) is 2.95. The van der Waals surface area contributed by atoms with Crippen molar-refractivity contribution in [2.45, 2.75) is 58.3 Å². The van der Waals surface area contributed by atoms with Crippen LogP contribution < -0.4 is 5.32 Å². The predicted molar refractivity (Wildman–Crippen MR) is 81.9 cm³/mol. The van der Waals surface area contributed by atoms with Gasteiger partial charge in [0.25, 0.3) is 0 Å². The molecule has 20 heavy (non-hydrogen) atoms. The normalized spacial score (nSPS) is 21.9. The molecular formula is C17H27NO2. The molecule has 0 aliphatic carbocycles. The predicted octanol–water partition coefficient (Wildman–Crippen LogP) is 2.88. The maximum absolute atomic E-state index is 10.6. The van der Waals surface area contributed by atoms with Crippen molar-refractivity contribution in [2.75, 3.05) is 13.2 Å². The van der Waals surface area contributed by atoms with Crippen LogP contribution in [-0.4, -0.2) is 30.4 Å². The zero-order valence-corrected chi connectivity index (χ0v) is 12.9. The van der Waals surface area contributed by atoms with Gasteiger partial charge in [0.1, 0.15) is 0 Å². The van der Waals surface area contributed by atoms with Gasteiger partial charge >= 0.3 is 0 Å². The van der Waals surface area contributed by atoms with Crippen molar-refractivity contribution in [1.29, 1.82) is 0 Å². The third kappa shape index (κ3) is 3.81. The van der Waals surface area contributed by atoms with Crippen molar-refractivity contribution in [3.63, 3.8) is 0 Å². The molecule has 1 fully saturated rings. The van der Waals surface area contributed by atoms with Crippen LogP contribution in [0.1, 0.15) is 49.0 Å². The van der Waals surface area contributed by atoms with E-state index >= 15 is 0 Å². The van der Waals surface area contributed by atoms with Gasteiger partial charge in [-0.2, -0.15) is 0 Å². The van der Waals surface area contributed by atoms with E-state index in [1.807, 2.05) is 6.07 Å². The Hall–Kier alpha value is -0.900. The van der Waals surface area contributed by atoms with E-state index in [2.05, 4.69) is 38.2 Å². The fourth-order valence-corrected chi connectivity index (χ4v) is 2.75. The number of benzene rings is 1. The lowest BCUT2D eigenvalue weighted by Gasteiger charge is -2.25. The van der Waals surface area contributed by atoms with Crippen molar-refractivity contribution >= 4 is 0 Å². The SMILES string of the molecule is CCC(NCC1CCCO1)C(O)c1ccc(C)c(C)c1. The minimum Gasteiger partial charge on any atom is -0.387 e.